The van der Waals surface area contributed by atoms with E-state index in [0.717, 1.165) is 43.2 Å². The fourth-order valence-corrected chi connectivity index (χ4v) is 5.23. The monoisotopic (exact) mass is 488 g/mol. The number of nitrogens with zero attached hydrogens (tertiary/aromatic N) is 1. The molecule has 5 heteroatoms. The van der Waals surface area contributed by atoms with Crippen LogP contribution in [0.1, 0.15) is 49.6 Å². The molecule has 2 heterocycles. The molecule has 0 spiro atoms. The molecule has 1 fully saturated rings. The Hall–Kier alpha value is -2.73. The lowest BCUT2D eigenvalue weighted by Gasteiger charge is -2.31. The summed E-state index contributed by atoms with van der Waals surface area (Å²) in [6.45, 7) is 9.28. The van der Waals surface area contributed by atoms with Gasteiger partial charge in [-0.1, -0.05) is 57.2 Å². The van der Waals surface area contributed by atoms with Crippen LogP contribution < -0.4 is 5.32 Å². The van der Waals surface area contributed by atoms with Crippen LogP contribution in [-0.4, -0.2) is 37.1 Å². The third-order valence-electron chi connectivity index (χ3n) is 6.53. The number of thiophene rings is 1. The van der Waals surface area contributed by atoms with Crippen molar-refractivity contribution in [3.63, 3.8) is 0 Å². The maximum Gasteiger partial charge on any atom is 0.248 e. The highest BCUT2D eigenvalue weighted by atomic mass is 32.1. The fourth-order valence-electron chi connectivity index (χ4n) is 4.31. The van der Waals surface area contributed by atoms with Gasteiger partial charge in [0.25, 0.3) is 0 Å². The van der Waals surface area contributed by atoms with E-state index in [1.54, 1.807) is 17.4 Å². The second-order valence-electron chi connectivity index (χ2n) is 10.3. The third kappa shape index (κ3) is 7.14. The predicted molar refractivity (Wildman–Crippen MR) is 148 cm³/mol. The second-order valence-corrected chi connectivity index (χ2v) is 11.4. The molecule has 1 aliphatic rings. The Kier molecular flexibility index (Phi) is 8.22. The molecule has 1 amide bonds. The van der Waals surface area contributed by atoms with Crippen LogP contribution in [0.25, 0.3) is 16.5 Å². The highest BCUT2D eigenvalue weighted by Crippen LogP contribution is 2.31. The van der Waals surface area contributed by atoms with Gasteiger partial charge in [0.2, 0.25) is 5.91 Å². The van der Waals surface area contributed by atoms with Crippen molar-refractivity contribution in [2.75, 3.05) is 25.6 Å². The summed E-state index contributed by atoms with van der Waals surface area (Å²) in [7, 11) is 2.17. The van der Waals surface area contributed by atoms with Crippen LogP contribution >= 0.6 is 11.3 Å². The smallest absolute Gasteiger partial charge is 0.248 e. The summed E-state index contributed by atoms with van der Waals surface area (Å²) in [6, 6.07) is 21.6. The Balaban J connectivity index is 1.29. The molecule has 0 radical (unpaired) electrons. The maximum absolute atomic E-state index is 12.4. The molecule has 1 N–H and O–H groups in total. The first-order valence-electron chi connectivity index (χ1n) is 12.3. The second kappa shape index (κ2) is 11.3. The van der Waals surface area contributed by atoms with Crippen LogP contribution in [0.4, 0.5) is 5.69 Å². The first-order chi connectivity index (χ1) is 16.8. The highest BCUT2D eigenvalue weighted by Gasteiger charge is 2.18. The number of carbonyl (C=O) groups is 1. The third-order valence-corrected chi connectivity index (χ3v) is 7.63. The zero-order valence-electron chi connectivity index (χ0n) is 21.2. The molecule has 1 aromatic heterocycles. The van der Waals surface area contributed by atoms with Crippen molar-refractivity contribution in [2.24, 2.45) is 0 Å². The molecule has 3 aromatic rings. The van der Waals surface area contributed by atoms with E-state index in [2.05, 4.69) is 86.6 Å². The molecule has 0 bridgehead atoms. The minimum absolute atomic E-state index is 0.124. The summed E-state index contributed by atoms with van der Waals surface area (Å²) in [5.41, 5.74) is 4.73. The Morgan fingerprint density at radius 3 is 2.37 bits per heavy atom. The normalized spacial score (nSPS) is 15.1. The SMILES string of the molecule is CN(Cc1ccc(NC(=O)/C=C/c2ccc(-c3ccc(C(C)(C)C)cc3)s2)cc1)C1CCOCC1. The Morgan fingerprint density at radius 2 is 1.71 bits per heavy atom. The molecule has 4 rings (SSSR count). The highest BCUT2D eigenvalue weighted by molar-refractivity contribution is 7.16. The van der Waals surface area contributed by atoms with E-state index in [1.165, 1.54) is 21.6 Å². The molecular weight excluding hydrogens is 452 g/mol. The lowest BCUT2D eigenvalue weighted by atomic mass is 9.86. The number of hydrogen-bond donors (Lipinski definition) is 1. The number of hydrogen-bond acceptors (Lipinski definition) is 4. The Bertz CT molecular complexity index is 1130. The van der Waals surface area contributed by atoms with Crippen molar-refractivity contribution in [2.45, 2.75) is 51.6 Å². The predicted octanol–water partition coefficient (Wildman–Crippen LogP) is 6.98. The number of nitrogens with one attached hydrogen (secondary N) is 1. The van der Waals surface area contributed by atoms with Crippen LogP contribution in [0.5, 0.6) is 0 Å². The van der Waals surface area contributed by atoms with Crippen molar-refractivity contribution >= 4 is 29.0 Å². The molecule has 0 unspecified atom stereocenters. The zero-order valence-corrected chi connectivity index (χ0v) is 22.0. The standard InChI is InChI=1S/C30H36N2O2S/c1-30(2,3)24-9-7-23(8-10-24)28-15-13-27(35-28)14-16-29(33)31-25-11-5-22(6-12-25)21-32(4)26-17-19-34-20-18-26/h5-16,26H,17-21H2,1-4H3,(H,31,33)/b16-14+. The largest absolute Gasteiger partial charge is 0.381 e. The number of anilines is 1. The molecule has 2 aromatic carbocycles. The number of amides is 1. The van der Waals surface area contributed by atoms with E-state index in [0.29, 0.717) is 6.04 Å². The van der Waals surface area contributed by atoms with Gasteiger partial charge in [0.15, 0.2) is 0 Å². The molecule has 0 atom stereocenters. The maximum atomic E-state index is 12.4. The van der Waals surface area contributed by atoms with Gasteiger partial charge in [0.1, 0.15) is 0 Å². The van der Waals surface area contributed by atoms with Crippen molar-refractivity contribution in [3.8, 4) is 10.4 Å². The number of benzene rings is 2. The van der Waals surface area contributed by atoms with E-state index in [9.17, 15) is 4.79 Å². The fraction of sp³-hybridized carbons (Fsp3) is 0.367. The van der Waals surface area contributed by atoms with Gasteiger partial charge in [-0.3, -0.25) is 9.69 Å². The summed E-state index contributed by atoms with van der Waals surface area (Å²) in [6.07, 6.45) is 5.66. The summed E-state index contributed by atoms with van der Waals surface area (Å²) in [4.78, 5) is 17.1. The molecular formula is C30H36N2O2S. The first kappa shape index (κ1) is 25.4. The lowest BCUT2D eigenvalue weighted by molar-refractivity contribution is -0.111. The Morgan fingerprint density at radius 1 is 1.03 bits per heavy atom. The van der Waals surface area contributed by atoms with Gasteiger partial charge in [-0.2, -0.15) is 0 Å². The topological polar surface area (TPSA) is 41.6 Å². The summed E-state index contributed by atoms with van der Waals surface area (Å²) in [5, 5.41) is 2.96. The van der Waals surface area contributed by atoms with Gasteiger partial charge in [0, 0.05) is 47.3 Å². The Labute approximate surface area is 213 Å². The van der Waals surface area contributed by atoms with Gasteiger partial charge >= 0.3 is 0 Å². The van der Waals surface area contributed by atoms with Gasteiger partial charge in [0.05, 0.1) is 0 Å². The minimum atomic E-state index is -0.124. The van der Waals surface area contributed by atoms with Crippen LogP contribution in [0.15, 0.2) is 66.7 Å². The van der Waals surface area contributed by atoms with Crippen LogP contribution in [0.2, 0.25) is 0 Å². The minimum Gasteiger partial charge on any atom is -0.381 e. The first-order valence-corrected chi connectivity index (χ1v) is 13.2. The van der Waals surface area contributed by atoms with Gasteiger partial charge < -0.3 is 10.1 Å². The average molecular weight is 489 g/mol. The van der Waals surface area contributed by atoms with Crippen LogP contribution in [0.3, 0.4) is 0 Å². The van der Waals surface area contributed by atoms with E-state index in [4.69, 9.17) is 4.74 Å². The van der Waals surface area contributed by atoms with Crippen LogP contribution in [-0.2, 0) is 21.5 Å². The molecule has 35 heavy (non-hydrogen) atoms. The average Bonchev–Trinajstić information content (AvgIpc) is 3.33. The quantitative estimate of drug-likeness (QED) is 0.365. The van der Waals surface area contributed by atoms with Gasteiger partial charge in [-0.25, -0.2) is 0 Å². The van der Waals surface area contributed by atoms with E-state index < -0.39 is 0 Å². The van der Waals surface area contributed by atoms with E-state index >= 15 is 0 Å². The van der Waals surface area contributed by atoms with E-state index in [1.807, 2.05) is 18.2 Å². The summed E-state index contributed by atoms with van der Waals surface area (Å²) >= 11 is 1.69. The van der Waals surface area contributed by atoms with Gasteiger partial charge in [-0.05, 0) is 72.3 Å². The molecule has 1 aliphatic heterocycles. The lowest BCUT2D eigenvalue weighted by Crippen LogP contribution is -2.36. The van der Waals surface area contributed by atoms with Crippen molar-refractivity contribution < 1.29 is 9.53 Å². The molecule has 0 saturated carbocycles. The molecule has 184 valence electrons. The molecule has 0 aliphatic carbocycles. The van der Waals surface area contributed by atoms with Crippen molar-refractivity contribution in [3.05, 3.63) is 82.7 Å². The summed E-state index contributed by atoms with van der Waals surface area (Å²) in [5.74, 6) is -0.124. The van der Waals surface area contributed by atoms with Crippen LogP contribution in [0, 0.1) is 0 Å². The number of carbonyl (C=O) groups excluding carboxylic acids is 1. The molecule has 1 saturated heterocycles. The number of rotatable bonds is 7. The summed E-state index contributed by atoms with van der Waals surface area (Å²) < 4.78 is 5.46. The van der Waals surface area contributed by atoms with Crippen molar-refractivity contribution in [1.29, 1.82) is 0 Å². The van der Waals surface area contributed by atoms with Crippen molar-refractivity contribution in [1.82, 2.24) is 4.90 Å². The van der Waals surface area contributed by atoms with E-state index in [-0.39, 0.29) is 11.3 Å². The molecule has 4 nitrogen and oxygen atoms in total. The van der Waals surface area contributed by atoms with Gasteiger partial charge in [-0.15, -0.1) is 11.3 Å². The number of ether oxygens (including phenoxy) is 1. The zero-order chi connectivity index (χ0) is 24.8.